The molecular formula is C41H41N5O8S. The van der Waals surface area contributed by atoms with Gasteiger partial charge < -0.3 is 33.8 Å². The molecule has 55 heavy (non-hydrogen) atoms. The highest BCUT2D eigenvalue weighted by Gasteiger charge is 2.62. The van der Waals surface area contributed by atoms with Crippen LogP contribution in [0.15, 0.2) is 30.3 Å². The third kappa shape index (κ3) is 4.58. The molecule has 0 unspecified atom stereocenters. The molecule has 3 aromatic carbocycles. The number of likely N-dealkylation sites (N-methyl/N-ethyl adjacent to an activating group) is 1. The van der Waals surface area contributed by atoms with Gasteiger partial charge in [-0.25, -0.2) is 4.79 Å². The van der Waals surface area contributed by atoms with Crippen molar-refractivity contribution < 1.29 is 38.4 Å². The number of phenols is 1. The Kier molecular flexibility index (Phi) is 7.71. The zero-order chi connectivity index (χ0) is 38.1. The molecule has 284 valence electrons. The van der Waals surface area contributed by atoms with Gasteiger partial charge in [0.05, 0.1) is 36.2 Å². The van der Waals surface area contributed by atoms with E-state index in [0.29, 0.717) is 47.1 Å². The van der Waals surface area contributed by atoms with Crippen molar-refractivity contribution in [3.05, 3.63) is 75.0 Å². The fraction of sp³-hybridized carbons (Fsp3) is 0.439. The first-order valence-electron chi connectivity index (χ1n) is 18.7. The van der Waals surface area contributed by atoms with Crippen molar-refractivity contribution in [3.63, 3.8) is 0 Å². The number of hydrogen-bond acceptors (Lipinski definition) is 13. The van der Waals surface area contributed by atoms with Gasteiger partial charge in [-0.2, -0.15) is 5.26 Å². The first-order valence-corrected chi connectivity index (χ1v) is 19.7. The Morgan fingerprint density at radius 1 is 1.13 bits per heavy atom. The van der Waals surface area contributed by atoms with Gasteiger partial charge >= 0.3 is 11.9 Å². The van der Waals surface area contributed by atoms with E-state index in [4.69, 9.17) is 23.7 Å². The van der Waals surface area contributed by atoms with E-state index in [9.17, 15) is 20.0 Å². The maximum atomic E-state index is 14.8. The number of thioether (sulfide) groups is 1. The zero-order valence-electron chi connectivity index (χ0n) is 31.1. The van der Waals surface area contributed by atoms with Crippen LogP contribution in [0.2, 0.25) is 0 Å². The Bertz CT molecular complexity index is 2390. The van der Waals surface area contributed by atoms with Crippen LogP contribution in [-0.2, 0) is 32.7 Å². The Hall–Kier alpha value is -4.94. The molecule has 0 saturated carbocycles. The predicted octanol–water partition coefficient (Wildman–Crippen LogP) is 4.75. The van der Waals surface area contributed by atoms with Crippen LogP contribution < -0.4 is 24.3 Å². The van der Waals surface area contributed by atoms with Crippen LogP contribution in [0.5, 0.6) is 28.7 Å². The lowest BCUT2D eigenvalue weighted by Crippen LogP contribution is -2.69. The van der Waals surface area contributed by atoms with E-state index in [2.05, 4.69) is 38.3 Å². The van der Waals surface area contributed by atoms with Gasteiger partial charge in [0, 0.05) is 64.5 Å². The molecule has 8 heterocycles. The molecule has 14 heteroatoms. The second-order valence-electron chi connectivity index (χ2n) is 15.4. The van der Waals surface area contributed by atoms with E-state index in [0.717, 1.165) is 50.8 Å². The van der Waals surface area contributed by atoms with Crippen molar-refractivity contribution in [2.45, 2.75) is 74.6 Å². The number of nitrogens with zero attached hydrogens (tertiary/aromatic N) is 3. The van der Waals surface area contributed by atoms with E-state index >= 15 is 0 Å². The van der Waals surface area contributed by atoms with Crippen molar-refractivity contribution in [1.29, 1.82) is 5.26 Å². The topological polar surface area (TPSA) is 159 Å². The average molecular weight is 764 g/mol. The van der Waals surface area contributed by atoms with Crippen molar-refractivity contribution in [1.82, 2.24) is 20.1 Å². The van der Waals surface area contributed by atoms with Crippen LogP contribution in [0.1, 0.15) is 68.9 Å². The Morgan fingerprint density at radius 3 is 2.71 bits per heavy atom. The highest BCUT2D eigenvalue weighted by atomic mass is 32.2. The lowest BCUT2D eigenvalue weighted by molar-refractivity contribution is -0.157. The number of benzene rings is 3. The minimum Gasteiger partial charge on any atom is -0.504 e. The number of para-hydroxylation sites is 1. The summed E-state index contributed by atoms with van der Waals surface area (Å²) in [7, 11) is 3.57. The van der Waals surface area contributed by atoms with Gasteiger partial charge in [-0.05, 0) is 56.5 Å². The Balaban J connectivity index is 1.25. The van der Waals surface area contributed by atoms with Gasteiger partial charge in [0.2, 0.25) is 6.79 Å². The lowest BCUT2D eigenvalue weighted by atomic mass is 9.71. The number of piperazine rings is 1. The van der Waals surface area contributed by atoms with Crippen molar-refractivity contribution in [2.24, 2.45) is 0 Å². The SMILES string of the molecule is COc1c(C)cc2c(c1O)[C@@H]1[C@@H]3[C@H]4SC[C@]5(NCCc6c5[nH]c5ccccc65)C(=O)OC[C@@H](c5c6c(c(C)c(OC(C)=O)c54)OCO6)N3[C@@H](C#N)[C@H](C2)N1C. The number of aromatic nitrogens is 1. The van der Waals surface area contributed by atoms with E-state index in [1.165, 1.54) is 6.92 Å². The molecule has 2 fully saturated rings. The maximum Gasteiger partial charge on any atom is 0.333 e. The highest BCUT2D eigenvalue weighted by Crippen LogP contribution is 2.64. The van der Waals surface area contributed by atoms with Crippen LogP contribution in [-0.4, -0.2) is 89.8 Å². The number of carbonyl (C=O) groups excluding carboxylic acids is 2. The number of aromatic hydroxyl groups is 1. The van der Waals surface area contributed by atoms with E-state index < -0.39 is 46.9 Å². The van der Waals surface area contributed by atoms with Gasteiger partial charge in [0.25, 0.3) is 0 Å². The zero-order valence-corrected chi connectivity index (χ0v) is 32.0. The molecule has 1 aromatic heterocycles. The molecule has 13 nitrogen and oxygen atoms in total. The molecule has 11 rings (SSSR count). The summed E-state index contributed by atoms with van der Waals surface area (Å²) in [5, 5.41) is 27.4. The first-order chi connectivity index (χ1) is 26.6. The van der Waals surface area contributed by atoms with E-state index in [1.54, 1.807) is 18.9 Å². The standard InChI is InChI=1S/C41H41N5O8S/c1-18-12-21-13-25-26(14-42)46-27-15-51-40(49)41(39-23(10-11-43-41)22-8-6-7-9-24(22)44-39)16-55-38(32(46)31(45(25)4)28(21)33(48)34(18)50-5)30-29(27)37-36(52-17-53-37)19(2)35(30)54-20(3)47/h6-9,12,25-27,31-32,38,43-44,48H,10-11,13,15-17H2,1-5H3/t25-,26-,27-,31+,32+,38-,41+/m0/s1. The quantitative estimate of drug-likeness (QED) is 0.190. The van der Waals surface area contributed by atoms with Crippen LogP contribution >= 0.6 is 11.8 Å². The normalized spacial score (nSPS) is 29.1. The van der Waals surface area contributed by atoms with Gasteiger partial charge in [0.1, 0.15) is 18.4 Å². The predicted molar refractivity (Wildman–Crippen MR) is 202 cm³/mol. The number of aromatic amines is 1. The van der Waals surface area contributed by atoms with Gasteiger partial charge in [-0.15, -0.1) is 11.8 Å². The summed E-state index contributed by atoms with van der Waals surface area (Å²) in [6.07, 6.45) is 1.25. The number of carbonyl (C=O) groups is 2. The molecule has 0 aliphatic carbocycles. The summed E-state index contributed by atoms with van der Waals surface area (Å²) in [5.74, 6) is 1.15. The molecule has 3 N–H and O–H groups in total. The minimum absolute atomic E-state index is 0.0356. The number of nitrogens with one attached hydrogen (secondary N) is 2. The molecule has 4 bridgehead atoms. The van der Waals surface area contributed by atoms with Crippen LogP contribution in [0.25, 0.3) is 10.9 Å². The lowest BCUT2D eigenvalue weighted by Gasteiger charge is -2.62. The molecule has 0 radical (unpaired) electrons. The van der Waals surface area contributed by atoms with Crippen LogP contribution in [0.3, 0.4) is 0 Å². The number of H-pyrrole nitrogens is 1. The van der Waals surface area contributed by atoms with Crippen molar-refractivity contribution in [3.8, 4) is 34.8 Å². The first kappa shape index (κ1) is 34.5. The Labute approximate surface area is 321 Å². The fourth-order valence-corrected chi connectivity index (χ4v) is 12.3. The molecule has 2 saturated heterocycles. The second-order valence-corrected chi connectivity index (χ2v) is 16.6. The largest absolute Gasteiger partial charge is 0.504 e. The number of hydrogen-bond donors (Lipinski definition) is 3. The second kappa shape index (κ2) is 12.3. The fourth-order valence-electron chi connectivity index (χ4n) is 10.6. The molecule has 7 aliphatic rings. The molecule has 1 spiro atoms. The highest BCUT2D eigenvalue weighted by molar-refractivity contribution is 7.99. The number of methoxy groups -OCH3 is 1. The summed E-state index contributed by atoms with van der Waals surface area (Å²) in [6, 6.07) is 10.3. The Morgan fingerprint density at radius 2 is 1.93 bits per heavy atom. The maximum absolute atomic E-state index is 14.8. The number of aryl methyl sites for hydroxylation is 1. The van der Waals surface area contributed by atoms with E-state index in [-0.39, 0.29) is 30.9 Å². The molecule has 7 aliphatic heterocycles. The van der Waals surface area contributed by atoms with Crippen LogP contribution in [0.4, 0.5) is 0 Å². The number of phenolic OH excluding ortho intramolecular Hbond substituents is 1. The minimum atomic E-state index is -1.24. The molecule has 7 atom stereocenters. The van der Waals surface area contributed by atoms with Gasteiger partial charge in [-0.3, -0.25) is 19.9 Å². The third-order valence-electron chi connectivity index (χ3n) is 12.8. The summed E-state index contributed by atoms with van der Waals surface area (Å²) in [4.78, 5) is 35.8. The third-order valence-corrected chi connectivity index (χ3v) is 14.3. The van der Waals surface area contributed by atoms with Crippen molar-refractivity contribution in [2.75, 3.05) is 39.9 Å². The van der Waals surface area contributed by atoms with Gasteiger partial charge in [-0.1, -0.05) is 24.3 Å². The summed E-state index contributed by atoms with van der Waals surface area (Å²) < 4.78 is 30.7. The average Bonchev–Trinajstić information content (AvgIpc) is 3.81. The number of fused-ring (bicyclic) bond motifs is 11. The number of ether oxygens (including phenoxy) is 5. The van der Waals surface area contributed by atoms with Gasteiger partial charge in [0.15, 0.2) is 28.5 Å². The molecule has 4 aromatic rings. The number of rotatable bonds is 2. The monoisotopic (exact) mass is 763 g/mol. The molecular weight excluding hydrogens is 723 g/mol. The summed E-state index contributed by atoms with van der Waals surface area (Å²) in [5.41, 5.74) is 6.13. The number of esters is 2. The summed E-state index contributed by atoms with van der Waals surface area (Å²) >= 11 is 1.56. The summed E-state index contributed by atoms with van der Waals surface area (Å²) in [6.45, 7) is 5.56. The van der Waals surface area contributed by atoms with Crippen LogP contribution in [0, 0.1) is 25.2 Å². The molecule has 0 amide bonds. The van der Waals surface area contributed by atoms with E-state index in [1.807, 2.05) is 39.1 Å². The van der Waals surface area contributed by atoms with Crippen molar-refractivity contribution >= 4 is 34.6 Å². The smallest absolute Gasteiger partial charge is 0.333 e. The number of nitriles is 1.